The molecule has 2 aromatic carbocycles. The zero-order valence-electron chi connectivity index (χ0n) is 17.2. The van der Waals surface area contributed by atoms with E-state index in [0.29, 0.717) is 21.7 Å². The average Bonchev–Trinajstić information content (AvgIpc) is 3.47. The number of hydrogen-bond acceptors (Lipinski definition) is 8. The lowest BCUT2D eigenvalue weighted by Gasteiger charge is -2.12. The van der Waals surface area contributed by atoms with Gasteiger partial charge in [-0.2, -0.15) is 0 Å². The van der Waals surface area contributed by atoms with E-state index in [2.05, 4.69) is 20.8 Å². The molecule has 32 heavy (non-hydrogen) atoms. The van der Waals surface area contributed by atoms with Crippen molar-refractivity contribution in [1.82, 2.24) is 20.2 Å². The van der Waals surface area contributed by atoms with E-state index < -0.39 is 10.8 Å². The molecular formula is C21H22N6O4S. The number of nitro groups is 1. The van der Waals surface area contributed by atoms with Crippen LogP contribution < -0.4 is 5.32 Å². The smallest absolute Gasteiger partial charge is 0.270 e. The van der Waals surface area contributed by atoms with Gasteiger partial charge in [0.05, 0.1) is 23.6 Å². The van der Waals surface area contributed by atoms with Crippen LogP contribution in [0.3, 0.4) is 0 Å². The van der Waals surface area contributed by atoms with Crippen molar-refractivity contribution in [3.05, 3.63) is 63.7 Å². The van der Waals surface area contributed by atoms with E-state index in [0.717, 1.165) is 11.8 Å². The van der Waals surface area contributed by atoms with Gasteiger partial charge in [-0.1, -0.05) is 25.0 Å². The number of nitrogens with one attached hydrogen (secondary N) is 1. The van der Waals surface area contributed by atoms with Crippen LogP contribution in [0.4, 0.5) is 11.4 Å². The summed E-state index contributed by atoms with van der Waals surface area (Å²) in [6.45, 7) is 0.0419. The maximum Gasteiger partial charge on any atom is 0.270 e. The first kappa shape index (κ1) is 21.9. The van der Waals surface area contributed by atoms with E-state index >= 15 is 0 Å². The summed E-state index contributed by atoms with van der Waals surface area (Å²) in [5, 5.41) is 34.9. The maximum absolute atomic E-state index is 13.0. The summed E-state index contributed by atoms with van der Waals surface area (Å²) in [5.74, 6) is 0.107. The van der Waals surface area contributed by atoms with Gasteiger partial charge >= 0.3 is 0 Å². The number of benzene rings is 2. The van der Waals surface area contributed by atoms with Gasteiger partial charge < -0.3 is 10.4 Å². The molecule has 1 aliphatic carbocycles. The van der Waals surface area contributed by atoms with Crippen LogP contribution in [0.5, 0.6) is 0 Å². The van der Waals surface area contributed by atoms with Crippen molar-refractivity contribution in [2.75, 3.05) is 11.9 Å². The fourth-order valence-corrected chi connectivity index (χ4v) is 4.70. The van der Waals surface area contributed by atoms with Gasteiger partial charge in [0.2, 0.25) is 5.16 Å². The molecule has 0 spiro atoms. The minimum absolute atomic E-state index is 0.141. The Morgan fingerprint density at radius 1 is 1.22 bits per heavy atom. The van der Waals surface area contributed by atoms with Crippen LogP contribution in [-0.2, 0) is 6.54 Å². The van der Waals surface area contributed by atoms with Crippen molar-refractivity contribution in [3.63, 3.8) is 0 Å². The lowest BCUT2D eigenvalue weighted by atomic mass is 9.97. The van der Waals surface area contributed by atoms with Gasteiger partial charge in [-0.15, -0.1) is 5.10 Å². The summed E-state index contributed by atoms with van der Waals surface area (Å²) in [7, 11) is 0. The number of amides is 1. The van der Waals surface area contributed by atoms with Gasteiger partial charge in [-0.3, -0.25) is 14.9 Å². The van der Waals surface area contributed by atoms with Crippen LogP contribution >= 0.6 is 11.8 Å². The predicted molar refractivity (Wildman–Crippen MR) is 118 cm³/mol. The van der Waals surface area contributed by atoms with Gasteiger partial charge in [0.15, 0.2) is 0 Å². The molecule has 0 atom stereocenters. The lowest BCUT2D eigenvalue weighted by molar-refractivity contribution is -0.384. The van der Waals surface area contributed by atoms with Crippen LogP contribution in [-0.4, -0.2) is 42.8 Å². The third kappa shape index (κ3) is 4.94. The van der Waals surface area contributed by atoms with Crippen LogP contribution in [0, 0.1) is 10.1 Å². The topological polar surface area (TPSA) is 136 Å². The highest BCUT2D eigenvalue weighted by molar-refractivity contribution is 7.99. The highest BCUT2D eigenvalue weighted by Crippen LogP contribution is 2.35. The molecule has 1 saturated carbocycles. The number of carbonyl (C=O) groups excluding carboxylic acids is 1. The van der Waals surface area contributed by atoms with Crippen molar-refractivity contribution in [2.45, 2.75) is 48.2 Å². The second-order valence-electron chi connectivity index (χ2n) is 7.51. The minimum Gasteiger partial charge on any atom is -0.394 e. The van der Waals surface area contributed by atoms with E-state index in [1.807, 2.05) is 24.3 Å². The second kappa shape index (κ2) is 9.88. The molecule has 1 amide bonds. The summed E-state index contributed by atoms with van der Waals surface area (Å²) in [5.41, 5.74) is 1.83. The maximum atomic E-state index is 13.0. The molecule has 0 unspecified atom stereocenters. The van der Waals surface area contributed by atoms with E-state index in [4.69, 9.17) is 5.11 Å². The molecule has 2 N–H and O–H groups in total. The van der Waals surface area contributed by atoms with Gasteiger partial charge in [0, 0.05) is 22.7 Å². The predicted octanol–water partition coefficient (Wildman–Crippen LogP) is 3.63. The van der Waals surface area contributed by atoms with Gasteiger partial charge in [-0.05, 0) is 64.7 Å². The first-order valence-electron chi connectivity index (χ1n) is 10.3. The molecule has 1 fully saturated rings. The zero-order valence-corrected chi connectivity index (χ0v) is 18.0. The van der Waals surface area contributed by atoms with Gasteiger partial charge in [0.1, 0.15) is 0 Å². The first-order chi connectivity index (χ1) is 15.5. The van der Waals surface area contributed by atoms with Crippen molar-refractivity contribution in [1.29, 1.82) is 0 Å². The molecule has 10 nitrogen and oxygen atoms in total. The number of non-ortho nitro benzene ring substituents is 1. The van der Waals surface area contributed by atoms with Crippen LogP contribution in [0.1, 0.15) is 47.5 Å². The molecule has 11 heteroatoms. The second-order valence-corrected chi connectivity index (χ2v) is 8.51. The normalized spacial score (nSPS) is 13.9. The Bertz CT molecular complexity index is 1110. The standard InChI is InChI=1S/C21H22N6O4S/c28-12-11-26-21(23-24-25-26)32-19-10-9-17(27(30)31)13-18(19)20(29)22-16-7-5-15(6-8-16)14-3-1-2-4-14/h5-10,13-14,28H,1-4,11-12H2,(H,22,29). The molecule has 1 aliphatic rings. The molecule has 4 rings (SSSR count). The quantitative estimate of drug-likeness (QED) is 0.389. The number of nitro benzene ring substituents is 1. The Labute approximate surface area is 188 Å². The minimum atomic E-state index is -0.544. The van der Waals surface area contributed by atoms with Gasteiger partial charge in [-0.25, -0.2) is 4.68 Å². The number of tetrazole rings is 1. The van der Waals surface area contributed by atoms with Crippen molar-refractivity contribution < 1.29 is 14.8 Å². The largest absolute Gasteiger partial charge is 0.394 e. The number of aliphatic hydroxyl groups excluding tert-OH is 1. The van der Waals surface area contributed by atoms with E-state index in [1.165, 1.54) is 54.1 Å². The Morgan fingerprint density at radius 2 is 1.97 bits per heavy atom. The number of hydrogen-bond donors (Lipinski definition) is 2. The molecule has 166 valence electrons. The molecule has 1 aromatic heterocycles. The van der Waals surface area contributed by atoms with Crippen LogP contribution in [0.25, 0.3) is 0 Å². The third-order valence-corrected chi connectivity index (χ3v) is 6.48. The third-order valence-electron chi connectivity index (χ3n) is 5.43. The average molecular weight is 455 g/mol. The summed E-state index contributed by atoms with van der Waals surface area (Å²) in [6.07, 6.45) is 4.88. The molecule has 0 bridgehead atoms. The fourth-order valence-electron chi connectivity index (χ4n) is 3.80. The number of nitrogens with zero attached hydrogens (tertiary/aromatic N) is 5. The molecule has 3 aromatic rings. The summed E-state index contributed by atoms with van der Waals surface area (Å²) < 4.78 is 1.40. The summed E-state index contributed by atoms with van der Waals surface area (Å²) in [4.78, 5) is 24.2. The Morgan fingerprint density at radius 3 is 2.66 bits per heavy atom. The molecule has 1 heterocycles. The number of anilines is 1. The van der Waals surface area contributed by atoms with Crippen LogP contribution in [0.15, 0.2) is 52.5 Å². The van der Waals surface area contributed by atoms with Crippen LogP contribution in [0.2, 0.25) is 0 Å². The van der Waals surface area contributed by atoms with Gasteiger partial charge in [0.25, 0.3) is 11.6 Å². The summed E-state index contributed by atoms with van der Waals surface area (Å²) in [6, 6.07) is 11.8. The molecule has 0 radical (unpaired) electrons. The zero-order chi connectivity index (χ0) is 22.5. The fraction of sp³-hybridized carbons (Fsp3) is 0.333. The monoisotopic (exact) mass is 454 g/mol. The Hall–Kier alpha value is -3.31. The van der Waals surface area contributed by atoms with E-state index in [-0.39, 0.29) is 24.4 Å². The molecule has 0 aliphatic heterocycles. The highest BCUT2D eigenvalue weighted by Gasteiger charge is 2.21. The van der Waals surface area contributed by atoms with Crippen molar-refractivity contribution in [3.8, 4) is 0 Å². The molecule has 0 saturated heterocycles. The first-order valence-corrected chi connectivity index (χ1v) is 11.1. The van der Waals surface area contributed by atoms with E-state index in [1.54, 1.807) is 0 Å². The summed E-state index contributed by atoms with van der Waals surface area (Å²) >= 11 is 1.10. The number of carbonyl (C=O) groups is 1. The Balaban J connectivity index is 1.57. The lowest BCUT2D eigenvalue weighted by Crippen LogP contribution is -2.14. The number of rotatable bonds is 8. The van der Waals surface area contributed by atoms with E-state index in [9.17, 15) is 14.9 Å². The van der Waals surface area contributed by atoms with Crippen molar-refractivity contribution >= 4 is 29.0 Å². The number of aromatic nitrogens is 4. The molecular weight excluding hydrogens is 432 g/mol. The highest BCUT2D eigenvalue weighted by atomic mass is 32.2. The SMILES string of the molecule is O=C(Nc1ccc(C2CCCC2)cc1)c1cc([N+](=O)[O-])ccc1Sc1nnnn1CCO. The Kier molecular flexibility index (Phi) is 6.76. The number of aliphatic hydroxyl groups is 1. The van der Waals surface area contributed by atoms with Crippen molar-refractivity contribution in [2.24, 2.45) is 0 Å².